The first kappa shape index (κ1) is 15.4. The summed E-state index contributed by atoms with van der Waals surface area (Å²) < 4.78 is 11.0. The van der Waals surface area contributed by atoms with Crippen molar-refractivity contribution in [2.24, 2.45) is 0 Å². The van der Waals surface area contributed by atoms with E-state index in [1.807, 2.05) is 51.1 Å². The normalized spacial score (nSPS) is 14.1. The number of carbonyl (C=O) groups is 1. The van der Waals surface area contributed by atoms with Crippen LogP contribution < -0.4 is 9.64 Å². The Morgan fingerprint density at radius 2 is 1.87 bits per heavy atom. The van der Waals surface area contributed by atoms with Crippen LogP contribution in [0.25, 0.3) is 16.3 Å². The Morgan fingerprint density at radius 3 is 2.48 bits per heavy atom. The van der Waals surface area contributed by atoms with Crippen molar-refractivity contribution >= 4 is 28.1 Å². The number of hydrogen-bond donors (Lipinski definition) is 0. The average molecular weight is 311 g/mol. The van der Waals surface area contributed by atoms with Crippen LogP contribution in [0.1, 0.15) is 26.3 Å². The summed E-state index contributed by atoms with van der Waals surface area (Å²) in [5.74, 6) is 0.739. The van der Waals surface area contributed by atoms with Crippen LogP contribution in [0.4, 0.5) is 10.5 Å². The van der Waals surface area contributed by atoms with Crippen molar-refractivity contribution in [1.29, 1.82) is 0 Å². The van der Waals surface area contributed by atoms with Crippen LogP contribution >= 0.6 is 0 Å². The number of nitrogens with zero attached hydrogens (tertiary/aromatic N) is 1. The van der Waals surface area contributed by atoms with Gasteiger partial charge in [-0.25, -0.2) is 4.79 Å². The van der Waals surface area contributed by atoms with E-state index in [9.17, 15) is 4.79 Å². The van der Waals surface area contributed by atoms with Crippen LogP contribution in [-0.2, 0) is 4.74 Å². The molecule has 4 nitrogen and oxygen atoms in total. The second-order valence-electron chi connectivity index (χ2n) is 6.69. The molecular weight excluding hydrogens is 290 g/mol. The van der Waals surface area contributed by atoms with Gasteiger partial charge in [-0.1, -0.05) is 30.8 Å². The molecule has 0 N–H and O–H groups in total. The Morgan fingerprint density at radius 1 is 1.22 bits per heavy atom. The number of anilines is 1. The van der Waals surface area contributed by atoms with Crippen molar-refractivity contribution in [3.63, 3.8) is 0 Å². The molecule has 3 rings (SSSR count). The molecule has 1 heterocycles. The first-order valence-electron chi connectivity index (χ1n) is 7.60. The van der Waals surface area contributed by atoms with E-state index in [0.717, 1.165) is 33.3 Å². The molecule has 2 aromatic rings. The number of amides is 1. The smallest absolute Gasteiger partial charge is 0.415 e. The number of carbonyl (C=O) groups excluding carboxylic acids is 1. The molecule has 0 saturated carbocycles. The van der Waals surface area contributed by atoms with E-state index in [2.05, 4.69) is 6.58 Å². The van der Waals surface area contributed by atoms with Gasteiger partial charge < -0.3 is 9.47 Å². The van der Waals surface area contributed by atoms with Crippen molar-refractivity contribution in [2.45, 2.75) is 26.4 Å². The molecule has 0 saturated heterocycles. The molecule has 1 amide bonds. The third-order valence-electron chi connectivity index (χ3n) is 3.81. The van der Waals surface area contributed by atoms with Crippen LogP contribution in [0.15, 0.2) is 36.9 Å². The lowest BCUT2D eigenvalue weighted by Crippen LogP contribution is -2.35. The van der Waals surface area contributed by atoms with E-state index in [0.29, 0.717) is 6.54 Å². The summed E-state index contributed by atoms with van der Waals surface area (Å²) in [7, 11) is 1.63. The topological polar surface area (TPSA) is 38.8 Å². The SMILES string of the molecule is C=C1CN(C(=O)OC(C)(C)C)c2cc(OC)c3ccccc3c21. The molecule has 0 radical (unpaired) electrons. The lowest BCUT2D eigenvalue weighted by Gasteiger charge is -2.25. The van der Waals surface area contributed by atoms with Crippen LogP contribution in [0, 0.1) is 0 Å². The molecule has 1 aliphatic rings. The molecule has 0 bridgehead atoms. The van der Waals surface area contributed by atoms with Crippen molar-refractivity contribution < 1.29 is 14.3 Å². The van der Waals surface area contributed by atoms with Crippen molar-refractivity contribution in [3.05, 3.63) is 42.5 Å². The number of methoxy groups -OCH3 is 1. The number of hydrogen-bond acceptors (Lipinski definition) is 3. The van der Waals surface area contributed by atoms with Gasteiger partial charge in [-0.3, -0.25) is 4.90 Å². The highest BCUT2D eigenvalue weighted by atomic mass is 16.6. The van der Waals surface area contributed by atoms with Gasteiger partial charge >= 0.3 is 6.09 Å². The second-order valence-corrected chi connectivity index (χ2v) is 6.69. The molecule has 0 spiro atoms. The van der Waals surface area contributed by atoms with E-state index in [4.69, 9.17) is 9.47 Å². The molecule has 4 heteroatoms. The molecule has 0 unspecified atom stereocenters. The van der Waals surface area contributed by atoms with Gasteiger partial charge in [-0.05, 0) is 31.7 Å². The quantitative estimate of drug-likeness (QED) is 0.771. The number of fused-ring (bicyclic) bond motifs is 3. The van der Waals surface area contributed by atoms with Gasteiger partial charge in [0.05, 0.1) is 19.3 Å². The zero-order valence-corrected chi connectivity index (χ0v) is 14.0. The molecule has 23 heavy (non-hydrogen) atoms. The van der Waals surface area contributed by atoms with Crippen LogP contribution in [0.5, 0.6) is 5.75 Å². The number of rotatable bonds is 1. The fourth-order valence-electron chi connectivity index (χ4n) is 2.92. The molecule has 1 aliphatic heterocycles. The van der Waals surface area contributed by atoms with E-state index in [-0.39, 0.29) is 6.09 Å². The van der Waals surface area contributed by atoms with Crippen molar-refractivity contribution in [2.75, 3.05) is 18.6 Å². The third-order valence-corrected chi connectivity index (χ3v) is 3.81. The van der Waals surface area contributed by atoms with Gasteiger partial charge in [-0.15, -0.1) is 0 Å². The lowest BCUT2D eigenvalue weighted by atomic mass is 9.99. The molecule has 0 atom stereocenters. The summed E-state index contributed by atoms with van der Waals surface area (Å²) >= 11 is 0. The summed E-state index contributed by atoms with van der Waals surface area (Å²) in [5.41, 5.74) is 2.15. The molecular formula is C19H21NO3. The minimum absolute atomic E-state index is 0.366. The maximum atomic E-state index is 12.5. The minimum Gasteiger partial charge on any atom is -0.496 e. The van der Waals surface area contributed by atoms with E-state index in [1.165, 1.54) is 0 Å². The summed E-state index contributed by atoms with van der Waals surface area (Å²) in [5, 5.41) is 2.05. The highest BCUT2D eigenvalue weighted by molar-refractivity contribution is 6.10. The van der Waals surface area contributed by atoms with Crippen molar-refractivity contribution in [1.82, 2.24) is 0 Å². The largest absolute Gasteiger partial charge is 0.496 e. The first-order chi connectivity index (χ1) is 10.8. The van der Waals surface area contributed by atoms with E-state index >= 15 is 0 Å². The molecule has 120 valence electrons. The Kier molecular flexibility index (Phi) is 3.55. The Labute approximate surface area is 136 Å². The van der Waals surface area contributed by atoms with E-state index in [1.54, 1.807) is 12.0 Å². The predicted molar refractivity (Wildman–Crippen MR) is 93.1 cm³/mol. The van der Waals surface area contributed by atoms with E-state index < -0.39 is 5.60 Å². The third kappa shape index (κ3) is 2.65. The molecule has 0 aliphatic carbocycles. The lowest BCUT2D eigenvalue weighted by molar-refractivity contribution is 0.0586. The zero-order valence-electron chi connectivity index (χ0n) is 14.0. The monoisotopic (exact) mass is 311 g/mol. The van der Waals surface area contributed by atoms with Crippen LogP contribution in [-0.4, -0.2) is 25.3 Å². The van der Waals surface area contributed by atoms with Gasteiger partial charge in [-0.2, -0.15) is 0 Å². The van der Waals surface area contributed by atoms with Crippen LogP contribution in [0.2, 0.25) is 0 Å². The Hall–Kier alpha value is -2.49. The first-order valence-corrected chi connectivity index (χ1v) is 7.60. The van der Waals surface area contributed by atoms with Crippen LogP contribution in [0.3, 0.4) is 0 Å². The zero-order chi connectivity index (χ0) is 16.8. The fraction of sp³-hybridized carbons (Fsp3) is 0.316. The maximum absolute atomic E-state index is 12.5. The standard InChI is InChI=1S/C19H21NO3/c1-12-11-20(18(21)23-19(2,3)4)15-10-16(22-5)13-8-6-7-9-14(13)17(12)15/h6-10H,1,11H2,2-5H3. The Balaban J connectivity index is 2.15. The van der Waals surface area contributed by atoms with Gasteiger partial charge in [0.25, 0.3) is 0 Å². The summed E-state index contributed by atoms with van der Waals surface area (Å²) in [4.78, 5) is 14.1. The predicted octanol–water partition coefficient (Wildman–Crippen LogP) is 4.62. The fourth-order valence-corrected chi connectivity index (χ4v) is 2.92. The minimum atomic E-state index is -0.540. The maximum Gasteiger partial charge on any atom is 0.415 e. The van der Waals surface area contributed by atoms with Gasteiger partial charge in [0, 0.05) is 17.0 Å². The second kappa shape index (κ2) is 5.30. The van der Waals surface area contributed by atoms with Gasteiger partial charge in [0.15, 0.2) is 0 Å². The van der Waals surface area contributed by atoms with Crippen molar-refractivity contribution in [3.8, 4) is 5.75 Å². The molecule has 0 fully saturated rings. The van der Waals surface area contributed by atoms with Gasteiger partial charge in [0.1, 0.15) is 11.4 Å². The molecule has 2 aromatic carbocycles. The highest BCUT2D eigenvalue weighted by Crippen LogP contribution is 2.44. The highest BCUT2D eigenvalue weighted by Gasteiger charge is 2.33. The average Bonchev–Trinajstić information content (AvgIpc) is 2.82. The molecule has 0 aromatic heterocycles. The number of benzene rings is 2. The summed E-state index contributed by atoms with van der Waals surface area (Å²) in [6.45, 7) is 10.1. The van der Waals surface area contributed by atoms with Gasteiger partial charge in [0.2, 0.25) is 0 Å². The Bertz CT molecular complexity index is 802. The number of ether oxygens (including phenoxy) is 2. The summed E-state index contributed by atoms with van der Waals surface area (Å²) in [6, 6.07) is 9.88. The summed E-state index contributed by atoms with van der Waals surface area (Å²) in [6.07, 6.45) is -0.366.